The fourth-order valence-corrected chi connectivity index (χ4v) is 8.23. The van der Waals surface area contributed by atoms with Crippen LogP contribution < -0.4 is 4.90 Å². The summed E-state index contributed by atoms with van der Waals surface area (Å²) in [6, 6.07) is 52.5. The quantitative estimate of drug-likeness (QED) is 0.175. The van der Waals surface area contributed by atoms with E-state index in [0.29, 0.717) is 5.56 Å². The van der Waals surface area contributed by atoms with Crippen LogP contribution in [0.25, 0.3) is 54.6 Å². The van der Waals surface area contributed by atoms with Gasteiger partial charge < -0.3 is 4.90 Å². The lowest BCUT2D eigenvalue weighted by molar-refractivity contribution is 0.660. The van der Waals surface area contributed by atoms with E-state index in [0.717, 1.165) is 21.5 Å². The van der Waals surface area contributed by atoms with E-state index in [1.54, 1.807) is 0 Å². The van der Waals surface area contributed by atoms with Crippen LogP contribution >= 0.6 is 15.9 Å². The molecule has 0 unspecified atom stereocenters. The Morgan fingerprint density at radius 2 is 1.13 bits per heavy atom. The van der Waals surface area contributed by atoms with Crippen LogP contribution in [0.2, 0.25) is 0 Å². The summed E-state index contributed by atoms with van der Waals surface area (Å²) in [7, 11) is 0. The Morgan fingerprint density at radius 3 is 1.87 bits per heavy atom. The molecule has 0 aromatic heterocycles. The minimum absolute atomic E-state index is 0.104. The molecule has 0 fully saturated rings. The van der Waals surface area contributed by atoms with E-state index in [-0.39, 0.29) is 5.41 Å². The third kappa shape index (κ3) is 4.15. The van der Waals surface area contributed by atoms with Crippen molar-refractivity contribution in [3.8, 4) is 28.3 Å². The Kier molecular flexibility index (Phi) is 6.10. The molecule has 0 spiro atoms. The molecule has 8 aromatic carbocycles. The van der Waals surface area contributed by atoms with E-state index < -0.39 is 0 Å². The molecule has 0 saturated heterocycles. The Balaban J connectivity index is 1.18. The first-order valence-electron chi connectivity index (χ1n) is 15.9. The highest BCUT2D eigenvalue weighted by Crippen LogP contribution is 2.51. The third-order valence-corrected chi connectivity index (χ3v) is 10.8. The number of hydrogen-bond acceptors (Lipinski definition) is 2. The molecule has 0 atom stereocenters. The highest BCUT2D eigenvalue weighted by molar-refractivity contribution is 9.10. The summed E-state index contributed by atoms with van der Waals surface area (Å²) in [5.41, 5.74) is 11.4. The molecule has 0 N–H and O–H groups in total. The zero-order valence-corrected chi connectivity index (χ0v) is 27.6. The first-order chi connectivity index (χ1) is 22.9. The summed E-state index contributed by atoms with van der Waals surface area (Å²) in [6.45, 7) is 4.63. The molecule has 0 radical (unpaired) electrons. The molecule has 222 valence electrons. The van der Waals surface area contributed by atoms with Gasteiger partial charge in [-0.3, -0.25) is 0 Å². The van der Waals surface area contributed by atoms with Crippen LogP contribution in [0.1, 0.15) is 30.5 Å². The molecule has 47 heavy (non-hydrogen) atoms. The van der Waals surface area contributed by atoms with E-state index in [1.165, 1.54) is 65.7 Å². The number of halogens is 1. The summed E-state index contributed by atoms with van der Waals surface area (Å²) >= 11 is 3.78. The molecule has 8 aromatic rings. The second-order valence-electron chi connectivity index (χ2n) is 13.0. The first kappa shape index (κ1) is 27.8. The van der Waals surface area contributed by atoms with Crippen LogP contribution in [-0.4, -0.2) is 0 Å². The Bertz CT molecular complexity index is 2550. The molecular weight excluding hydrogens is 636 g/mol. The van der Waals surface area contributed by atoms with Gasteiger partial charge in [0.2, 0.25) is 0 Å². The topological polar surface area (TPSA) is 27.0 Å². The molecule has 0 heterocycles. The van der Waals surface area contributed by atoms with Crippen molar-refractivity contribution in [1.82, 2.24) is 0 Å². The van der Waals surface area contributed by atoms with Gasteiger partial charge >= 0.3 is 0 Å². The third-order valence-electron chi connectivity index (χ3n) is 10.1. The standard InChI is InChI=1S/C44H29BrN2/c1-44(2)39-6-4-3-5-35(39)36-23-19-33(25-40(36)44)47(31-15-7-27(26-46)8-16-31)32-17-9-28(10-18-32)34-20-11-29-13-22-38-41(45)24-14-30-12-21-37(34)42(29)43(30)38/h3-25H,1-2H3. The normalized spacial score (nSPS) is 13.1. The van der Waals surface area contributed by atoms with E-state index in [4.69, 9.17) is 0 Å². The fourth-order valence-electron chi connectivity index (χ4n) is 7.77. The van der Waals surface area contributed by atoms with Crippen molar-refractivity contribution >= 4 is 65.3 Å². The van der Waals surface area contributed by atoms with Gasteiger partial charge in [-0.15, -0.1) is 0 Å². The highest BCUT2D eigenvalue weighted by atomic mass is 79.9. The van der Waals surface area contributed by atoms with Gasteiger partial charge in [0, 0.05) is 26.9 Å². The fraction of sp³-hybridized carbons (Fsp3) is 0.0682. The van der Waals surface area contributed by atoms with Crippen molar-refractivity contribution in [2.45, 2.75) is 19.3 Å². The minimum atomic E-state index is -0.104. The average Bonchev–Trinajstić information content (AvgIpc) is 3.34. The molecule has 1 aliphatic carbocycles. The molecular formula is C44H29BrN2. The summed E-state index contributed by atoms with van der Waals surface area (Å²) in [5, 5.41) is 17.1. The number of nitriles is 1. The van der Waals surface area contributed by atoms with Crippen LogP contribution in [-0.2, 0) is 5.41 Å². The van der Waals surface area contributed by atoms with Crippen LogP contribution in [0.5, 0.6) is 0 Å². The Labute approximate surface area is 282 Å². The number of fused-ring (bicyclic) bond motifs is 3. The lowest BCUT2D eigenvalue weighted by Crippen LogP contribution is -2.16. The van der Waals surface area contributed by atoms with Crippen molar-refractivity contribution in [3.63, 3.8) is 0 Å². The van der Waals surface area contributed by atoms with Crippen LogP contribution in [0.4, 0.5) is 17.1 Å². The smallest absolute Gasteiger partial charge is 0.0991 e. The SMILES string of the molecule is CC1(C)c2ccccc2-c2ccc(N(c3ccc(C#N)cc3)c3ccc(-c4ccc5ccc6c(Br)ccc7ccc4c5c76)cc3)cc21. The van der Waals surface area contributed by atoms with Crippen molar-refractivity contribution in [2.75, 3.05) is 4.90 Å². The molecule has 1 aliphatic rings. The molecule has 3 heteroatoms. The maximum Gasteiger partial charge on any atom is 0.0991 e. The lowest BCUT2D eigenvalue weighted by Gasteiger charge is -2.28. The van der Waals surface area contributed by atoms with Crippen molar-refractivity contribution in [3.05, 3.63) is 161 Å². The second-order valence-corrected chi connectivity index (χ2v) is 13.9. The minimum Gasteiger partial charge on any atom is -0.310 e. The number of benzene rings is 8. The maximum atomic E-state index is 9.50. The van der Waals surface area contributed by atoms with Gasteiger partial charge in [-0.25, -0.2) is 0 Å². The summed E-state index contributed by atoms with van der Waals surface area (Å²) < 4.78 is 1.12. The predicted octanol–water partition coefficient (Wildman–Crippen LogP) is 12.7. The second kappa shape index (κ2) is 10.3. The highest BCUT2D eigenvalue weighted by Gasteiger charge is 2.35. The lowest BCUT2D eigenvalue weighted by atomic mass is 9.82. The van der Waals surface area contributed by atoms with E-state index in [2.05, 4.69) is 156 Å². The van der Waals surface area contributed by atoms with Crippen molar-refractivity contribution in [1.29, 1.82) is 5.26 Å². The van der Waals surface area contributed by atoms with Crippen molar-refractivity contribution in [2.24, 2.45) is 0 Å². The van der Waals surface area contributed by atoms with Crippen LogP contribution in [0, 0.1) is 11.3 Å². The summed E-state index contributed by atoms with van der Waals surface area (Å²) in [5.74, 6) is 0. The largest absolute Gasteiger partial charge is 0.310 e. The van der Waals surface area contributed by atoms with Gasteiger partial charge in [-0.2, -0.15) is 5.26 Å². The molecule has 9 rings (SSSR count). The van der Waals surface area contributed by atoms with E-state index in [9.17, 15) is 5.26 Å². The van der Waals surface area contributed by atoms with Crippen molar-refractivity contribution < 1.29 is 0 Å². The Morgan fingerprint density at radius 1 is 0.553 bits per heavy atom. The maximum absolute atomic E-state index is 9.50. The number of nitrogens with zero attached hydrogens (tertiary/aromatic N) is 2. The van der Waals surface area contributed by atoms with Crippen LogP contribution in [0.3, 0.4) is 0 Å². The zero-order chi connectivity index (χ0) is 31.9. The summed E-state index contributed by atoms with van der Waals surface area (Å²) in [4.78, 5) is 2.30. The predicted molar refractivity (Wildman–Crippen MR) is 200 cm³/mol. The van der Waals surface area contributed by atoms with Crippen LogP contribution in [0.15, 0.2) is 144 Å². The van der Waals surface area contributed by atoms with Gasteiger partial charge in [0.25, 0.3) is 0 Å². The van der Waals surface area contributed by atoms with E-state index in [1.807, 2.05) is 24.3 Å². The molecule has 0 bridgehead atoms. The molecule has 0 saturated carbocycles. The average molecular weight is 666 g/mol. The van der Waals surface area contributed by atoms with Gasteiger partial charge in [-0.05, 0) is 120 Å². The van der Waals surface area contributed by atoms with E-state index >= 15 is 0 Å². The number of anilines is 3. The van der Waals surface area contributed by atoms with Gasteiger partial charge in [0.15, 0.2) is 0 Å². The monoisotopic (exact) mass is 664 g/mol. The zero-order valence-electron chi connectivity index (χ0n) is 26.1. The van der Waals surface area contributed by atoms with Gasteiger partial charge in [0.05, 0.1) is 11.6 Å². The van der Waals surface area contributed by atoms with Gasteiger partial charge in [0.1, 0.15) is 0 Å². The molecule has 0 amide bonds. The first-order valence-corrected chi connectivity index (χ1v) is 16.7. The van der Waals surface area contributed by atoms with Gasteiger partial charge in [-0.1, -0.05) is 115 Å². The molecule has 2 nitrogen and oxygen atoms in total. The Hall–Kier alpha value is -5.43. The molecule has 0 aliphatic heterocycles. The number of hydrogen-bond donors (Lipinski definition) is 0. The summed E-state index contributed by atoms with van der Waals surface area (Å²) in [6.07, 6.45) is 0. The number of rotatable bonds is 4.